The first-order valence-electron chi connectivity index (χ1n) is 5.63. The molecule has 7 heteroatoms. The summed E-state index contributed by atoms with van der Waals surface area (Å²) < 4.78 is 24.5. The van der Waals surface area contributed by atoms with Gasteiger partial charge < -0.3 is 9.97 Å². The molecule has 0 aliphatic heterocycles. The van der Waals surface area contributed by atoms with Gasteiger partial charge in [0.1, 0.15) is 0 Å². The fraction of sp³-hybridized carbons (Fsp3) is 0.167. The van der Waals surface area contributed by atoms with Gasteiger partial charge in [0.2, 0.25) is 10.3 Å². The van der Waals surface area contributed by atoms with Crippen molar-refractivity contribution in [2.24, 2.45) is 0 Å². The highest BCUT2D eigenvalue weighted by atomic mass is 32.2. The lowest BCUT2D eigenvalue weighted by Crippen LogP contribution is -2.06. The van der Waals surface area contributed by atoms with Crippen LogP contribution >= 0.6 is 0 Å². The minimum absolute atomic E-state index is 0.115. The monoisotopic (exact) mass is 278 g/mol. The highest BCUT2D eigenvalue weighted by Gasteiger charge is 2.25. The van der Waals surface area contributed by atoms with E-state index in [0.717, 1.165) is 5.69 Å². The predicted octanol–water partition coefficient (Wildman–Crippen LogP) is 1.42. The zero-order chi connectivity index (χ0) is 13.9. The minimum atomic E-state index is -3.74. The molecule has 0 bridgehead atoms. The van der Waals surface area contributed by atoms with Gasteiger partial charge in [-0.05, 0) is 0 Å². The minimum Gasteiger partial charge on any atom is -0.335 e. The summed E-state index contributed by atoms with van der Waals surface area (Å²) in [7, 11) is -3.74. The van der Waals surface area contributed by atoms with Crippen molar-refractivity contribution in [2.75, 3.05) is 0 Å². The molecule has 0 unspecified atom stereocenters. The van der Waals surface area contributed by atoms with Crippen LogP contribution in [0.3, 0.4) is 0 Å². The Balaban J connectivity index is 2.48. The first-order chi connectivity index (χ1) is 9.09. The van der Waals surface area contributed by atoms with E-state index >= 15 is 0 Å². The van der Waals surface area contributed by atoms with E-state index < -0.39 is 9.84 Å². The van der Waals surface area contributed by atoms with E-state index in [4.69, 9.17) is 0 Å². The molecule has 0 aliphatic carbocycles. The Morgan fingerprint density at radius 3 is 2.53 bits per heavy atom. The number of sulfone groups is 1. The van der Waals surface area contributed by atoms with Gasteiger partial charge >= 0.3 is 0 Å². The first-order valence-corrected chi connectivity index (χ1v) is 7.12. The van der Waals surface area contributed by atoms with Crippen LogP contribution in [0.25, 0.3) is 0 Å². The van der Waals surface area contributed by atoms with Crippen molar-refractivity contribution >= 4 is 9.84 Å². The van der Waals surface area contributed by atoms with Gasteiger partial charge in [0.15, 0.2) is 0 Å². The van der Waals surface area contributed by atoms with Gasteiger partial charge in [-0.25, -0.2) is 18.4 Å². The van der Waals surface area contributed by atoms with Crippen LogP contribution in [0.5, 0.6) is 0 Å². The van der Waals surface area contributed by atoms with Crippen LogP contribution in [-0.2, 0) is 22.7 Å². The lowest BCUT2D eigenvalue weighted by molar-refractivity contribution is 0.581. The van der Waals surface area contributed by atoms with Crippen molar-refractivity contribution in [3.63, 3.8) is 0 Å². The number of allylic oxidation sites excluding steroid dienone is 2. The number of hydrogen-bond donors (Lipinski definition) is 2. The zero-order valence-electron chi connectivity index (χ0n) is 10.3. The third-order valence-electron chi connectivity index (χ3n) is 2.51. The van der Waals surface area contributed by atoms with Crippen LogP contribution in [0.4, 0.5) is 0 Å². The second kappa shape index (κ2) is 5.23. The number of nitrogens with zero attached hydrogens (tertiary/aromatic N) is 2. The Morgan fingerprint density at radius 2 is 1.95 bits per heavy atom. The molecule has 0 fully saturated rings. The summed E-state index contributed by atoms with van der Waals surface area (Å²) in [6.07, 6.45) is 7.20. The molecule has 0 radical (unpaired) electrons. The van der Waals surface area contributed by atoms with Crippen molar-refractivity contribution in [1.29, 1.82) is 0 Å². The molecule has 0 atom stereocenters. The molecule has 0 amide bonds. The summed E-state index contributed by atoms with van der Waals surface area (Å²) in [5.41, 5.74) is 1.38. The Kier molecular flexibility index (Phi) is 3.66. The smallest absolute Gasteiger partial charge is 0.273 e. The molecule has 0 saturated heterocycles. The molecule has 0 aliphatic rings. The second-order valence-corrected chi connectivity index (χ2v) is 5.63. The number of H-pyrrole nitrogens is 2. The summed E-state index contributed by atoms with van der Waals surface area (Å²) in [6.45, 7) is 7.27. The van der Waals surface area contributed by atoms with E-state index in [9.17, 15) is 8.42 Å². The van der Waals surface area contributed by atoms with Gasteiger partial charge in [-0.1, -0.05) is 12.2 Å². The second-order valence-electron chi connectivity index (χ2n) is 3.85. The molecule has 2 heterocycles. The first kappa shape index (κ1) is 13.3. The van der Waals surface area contributed by atoms with Crippen LogP contribution < -0.4 is 0 Å². The van der Waals surface area contributed by atoms with Crippen molar-refractivity contribution in [1.82, 2.24) is 19.9 Å². The summed E-state index contributed by atoms with van der Waals surface area (Å²) in [5.74, 6) is 0. The number of aromatic nitrogens is 4. The molecule has 0 aromatic carbocycles. The Morgan fingerprint density at radius 1 is 1.21 bits per heavy atom. The van der Waals surface area contributed by atoms with Crippen molar-refractivity contribution in [2.45, 2.75) is 23.2 Å². The molecule has 2 aromatic rings. The molecule has 2 N–H and O–H groups in total. The number of nitrogens with one attached hydrogen (secondary N) is 2. The molecular formula is C12H14N4O2S. The van der Waals surface area contributed by atoms with Crippen LogP contribution in [0.15, 0.2) is 48.0 Å². The maximum atomic E-state index is 12.2. The van der Waals surface area contributed by atoms with Crippen LogP contribution in [0.1, 0.15) is 11.4 Å². The number of imidazole rings is 2. The van der Waals surface area contributed by atoms with E-state index in [2.05, 4.69) is 33.1 Å². The van der Waals surface area contributed by atoms with Gasteiger partial charge in [0.25, 0.3) is 9.84 Å². The fourth-order valence-corrected chi connectivity index (χ4v) is 2.75. The SMILES string of the molecule is C=CCc1nc(S(=O)(=O)c2ncc[nH]2)[nH]c1CC=C. The highest BCUT2D eigenvalue weighted by Crippen LogP contribution is 2.17. The quantitative estimate of drug-likeness (QED) is 0.782. The Bertz CT molecular complexity index is 656. The third-order valence-corrected chi connectivity index (χ3v) is 3.95. The van der Waals surface area contributed by atoms with Crippen LogP contribution in [-0.4, -0.2) is 28.4 Å². The lowest BCUT2D eigenvalue weighted by Gasteiger charge is -1.95. The molecule has 100 valence electrons. The summed E-state index contributed by atoms with van der Waals surface area (Å²) in [5, 5.41) is -0.243. The van der Waals surface area contributed by atoms with Gasteiger partial charge in [-0.2, -0.15) is 0 Å². The molecule has 6 nitrogen and oxygen atoms in total. The van der Waals surface area contributed by atoms with Crippen molar-refractivity contribution in [3.05, 3.63) is 49.1 Å². The van der Waals surface area contributed by atoms with E-state index in [-0.39, 0.29) is 10.3 Å². The van der Waals surface area contributed by atoms with E-state index in [1.54, 1.807) is 12.2 Å². The topological polar surface area (TPSA) is 91.5 Å². The normalized spacial score (nSPS) is 11.4. The van der Waals surface area contributed by atoms with Crippen LogP contribution in [0.2, 0.25) is 0 Å². The largest absolute Gasteiger partial charge is 0.335 e. The van der Waals surface area contributed by atoms with E-state index in [1.165, 1.54) is 12.4 Å². The maximum absolute atomic E-state index is 12.2. The molecule has 2 rings (SSSR count). The molecule has 2 aromatic heterocycles. The van der Waals surface area contributed by atoms with Crippen molar-refractivity contribution in [3.8, 4) is 0 Å². The summed E-state index contributed by atoms with van der Waals surface area (Å²) >= 11 is 0. The Hall–Kier alpha value is -2.15. The number of aromatic amines is 2. The van der Waals surface area contributed by atoms with E-state index in [1.807, 2.05) is 0 Å². The highest BCUT2D eigenvalue weighted by molar-refractivity contribution is 7.91. The van der Waals surface area contributed by atoms with Crippen LogP contribution in [0, 0.1) is 0 Å². The average Bonchev–Trinajstić information content (AvgIpc) is 3.00. The van der Waals surface area contributed by atoms with Crippen molar-refractivity contribution < 1.29 is 8.42 Å². The predicted molar refractivity (Wildman–Crippen MR) is 70.4 cm³/mol. The molecule has 0 spiro atoms. The third kappa shape index (κ3) is 2.50. The number of hydrogen-bond acceptors (Lipinski definition) is 4. The lowest BCUT2D eigenvalue weighted by atomic mass is 10.2. The molecule has 19 heavy (non-hydrogen) atoms. The average molecular weight is 278 g/mol. The molecule has 0 saturated carbocycles. The number of rotatable bonds is 6. The van der Waals surface area contributed by atoms with Gasteiger partial charge in [0.05, 0.1) is 5.69 Å². The zero-order valence-corrected chi connectivity index (χ0v) is 11.1. The van der Waals surface area contributed by atoms with E-state index in [0.29, 0.717) is 18.5 Å². The Labute approximate surface area is 111 Å². The van der Waals surface area contributed by atoms with Gasteiger partial charge in [-0.15, -0.1) is 13.2 Å². The fourth-order valence-electron chi connectivity index (χ4n) is 1.65. The maximum Gasteiger partial charge on any atom is 0.273 e. The molecular weight excluding hydrogens is 264 g/mol. The summed E-state index contributed by atoms with van der Waals surface area (Å²) in [4.78, 5) is 13.3. The van der Waals surface area contributed by atoms with Gasteiger partial charge in [-0.3, -0.25) is 0 Å². The summed E-state index contributed by atoms with van der Waals surface area (Å²) in [6, 6.07) is 0. The van der Waals surface area contributed by atoms with Gasteiger partial charge in [0, 0.05) is 30.9 Å². The standard InChI is InChI=1S/C12H14N4O2S/c1-3-5-9-10(6-4-2)16-12(15-9)19(17,18)11-13-7-8-14-11/h3-4,7-8H,1-2,5-6H2,(H,13,14)(H,15,16).